The first-order valence-electron chi connectivity index (χ1n) is 9.15. The van der Waals surface area contributed by atoms with Gasteiger partial charge in [-0.05, 0) is 69.3 Å². The largest absolute Gasteiger partial charge is 0.435 e. The molecule has 0 atom stereocenters. The molecule has 0 aromatic carbocycles. The van der Waals surface area contributed by atoms with Crippen LogP contribution in [0.2, 0.25) is 0 Å². The van der Waals surface area contributed by atoms with Crippen LogP contribution in [0.25, 0.3) is 0 Å². The Labute approximate surface area is 145 Å². The standard InChI is InChI=1S/C18H24F3N3O/c1-11-4-15(18(19,20)21)23-24(11)3-2-16(25)22-17-8-12-5-13(9-17)7-14(6-12)10-17/h4,12-14H,2-3,5-10H2,1H3,(H,22,25). The number of rotatable bonds is 4. The van der Waals surface area contributed by atoms with Gasteiger partial charge in [0.1, 0.15) is 0 Å². The molecule has 0 saturated heterocycles. The Morgan fingerprint density at radius 3 is 2.28 bits per heavy atom. The lowest BCUT2D eigenvalue weighted by Gasteiger charge is -2.56. The number of alkyl halides is 3. The van der Waals surface area contributed by atoms with Crippen LogP contribution in [0.3, 0.4) is 0 Å². The van der Waals surface area contributed by atoms with Crippen LogP contribution >= 0.6 is 0 Å². The first-order valence-corrected chi connectivity index (χ1v) is 9.15. The van der Waals surface area contributed by atoms with Gasteiger partial charge in [-0.3, -0.25) is 9.48 Å². The number of amides is 1. The first kappa shape index (κ1) is 16.9. The van der Waals surface area contributed by atoms with Crippen molar-refractivity contribution in [3.8, 4) is 0 Å². The minimum atomic E-state index is -4.45. The lowest BCUT2D eigenvalue weighted by atomic mass is 9.53. The van der Waals surface area contributed by atoms with Gasteiger partial charge in [-0.25, -0.2) is 0 Å². The smallest absolute Gasteiger partial charge is 0.351 e. The molecule has 4 fully saturated rings. The molecule has 4 nitrogen and oxygen atoms in total. The Balaban J connectivity index is 1.36. The molecule has 4 aliphatic rings. The van der Waals surface area contributed by atoms with Crippen LogP contribution in [0.5, 0.6) is 0 Å². The van der Waals surface area contributed by atoms with Crippen molar-refractivity contribution in [3.05, 3.63) is 17.5 Å². The van der Waals surface area contributed by atoms with Crippen molar-refractivity contribution in [3.63, 3.8) is 0 Å². The summed E-state index contributed by atoms with van der Waals surface area (Å²) in [5.41, 5.74) is -0.524. The maximum atomic E-state index is 12.7. The van der Waals surface area contributed by atoms with Crippen molar-refractivity contribution >= 4 is 5.91 Å². The minimum Gasteiger partial charge on any atom is -0.351 e. The van der Waals surface area contributed by atoms with E-state index >= 15 is 0 Å². The van der Waals surface area contributed by atoms with Crippen LogP contribution in [0.1, 0.15) is 56.3 Å². The molecular formula is C18H24F3N3O. The van der Waals surface area contributed by atoms with Gasteiger partial charge in [-0.2, -0.15) is 18.3 Å². The van der Waals surface area contributed by atoms with E-state index in [0.717, 1.165) is 43.1 Å². The molecule has 1 amide bonds. The molecule has 0 spiro atoms. The number of nitrogens with one attached hydrogen (secondary N) is 1. The second-order valence-electron chi connectivity index (χ2n) is 8.39. The van der Waals surface area contributed by atoms with E-state index in [0.29, 0.717) is 5.69 Å². The van der Waals surface area contributed by atoms with Gasteiger partial charge in [0.15, 0.2) is 5.69 Å². The fraction of sp³-hybridized carbons (Fsp3) is 0.778. The van der Waals surface area contributed by atoms with E-state index in [1.54, 1.807) is 6.92 Å². The highest BCUT2D eigenvalue weighted by atomic mass is 19.4. The fourth-order valence-corrected chi connectivity index (χ4v) is 5.70. The first-order chi connectivity index (χ1) is 11.7. The van der Waals surface area contributed by atoms with Gasteiger partial charge in [0.2, 0.25) is 5.91 Å². The zero-order valence-corrected chi connectivity index (χ0v) is 14.4. The summed E-state index contributed by atoms with van der Waals surface area (Å²) in [6.07, 6.45) is 2.86. The van der Waals surface area contributed by atoms with Crippen LogP contribution in [0.15, 0.2) is 6.07 Å². The number of carbonyl (C=O) groups excluding carboxylic acids is 1. The molecule has 4 saturated carbocycles. The normalized spacial score (nSPS) is 33.7. The van der Waals surface area contributed by atoms with Gasteiger partial charge < -0.3 is 5.32 Å². The summed E-state index contributed by atoms with van der Waals surface area (Å²) < 4.78 is 39.4. The van der Waals surface area contributed by atoms with Gasteiger partial charge in [0.25, 0.3) is 0 Å². The molecule has 5 rings (SSSR count). The van der Waals surface area contributed by atoms with E-state index in [9.17, 15) is 18.0 Å². The number of halogens is 3. The lowest BCUT2D eigenvalue weighted by molar-refractivity contribution is -0.141. The highest BCUT2D eigenvalue weighted by Crippen LogP contribution is 2.55. The highest BCUT2D eigenvalue weighted by Gasteiger charge is 2.51. The highest BCUT2D eigenvalue weighted by molar-refractivity contribution is 5.76. The van der Waals surface area contributed by atoms with E-state index in [2.05, 4.69) is 10.4 Å². The summed E-state index contributed by atoms with van der Waals surface area (Å²) >= 11 is 0. The summed E-state index contributed by atoms with van der Waals surface area (Å²) in [7, 11) is 0. The number of aromatic nitrogens is 2. The number of aryl methyl sites for hydroxylation is 2. The lowest BCUT2D eigenvalue weighted by Crippen LogP contribution is -2.59. The van der Waals surface area contributed by atoms with Crippen LogP contribution < -0.4 is 5.32 Å². The Kier molecular flexibility index (Phi) is 3.88. The molecule has 0 radical (unpaired) electrons. The molecule has 0 unspecified atom stereocenters. The number of hydrogen-bond acceptors (Lipinski definition) is 2. The maximum absolute atomic E-state index is 12.7. The SMILES string of the molecule is Cc1cc(C(F)(F)F)nn1CCC(=O)NC12CC3CC(CC(C3)C1)C2. The second kappa shape index (κ2) is 5.74. The molecule has 4 aliphatic carbocycles. The quantitative estimate of drug-likeness (QED) is 0.895. The van der Waals surface area contributed by atoms with Gasteiger partial charge in [0, 0.05) is 24.2 Å². The van der Waals surface area contributed by atoms with E-state index in [1.165, 1.54) is 23.9 Å². The zero-order chi connectivity index (χ0) is 17.8. The number of nitrogens with zero attached hydrogens (tertiary/aromatic N) is 2. The molecule has 1 N–H and O–H groups in total. The minimum absolute atomic E-state index is 0.0534. The summed E-state index contributed by atoms with van der Waals surface area (Å²) in [5, 5.41) is 6.84. The predicted octanol–water partition coefficient (Wildman–Crippen LogP) is 3.69. The molecular weight excluding hydrogens is 331 g/mol. The summed E-state index contributed by atoms with van der Waals surface area (Å²) in [6.45, 7) is 1.76. The van der Waals surface area contributed by atoms with Gasteiger partial charge in [-0.1, -0.05) is 0 Å². The van der Waals surface area contributed by atoms with E-state index in [1.807, 2.05) is 0 Å². The average molecular weight is 355 g/mol. The maximum Gasteiger partial charge on any atom is 0.435 e. The molecule has 4 bridgehead atoms. The molecule has 1 aromatic heterocycles. The molecule has 1 heterocycles. The third-order valence-electron chi connectivity index (χ3n) is 6.27. The van der Waals surface area contributed by atoms with Gasteiger partial charge >= 0.3 is 6.18 Å². The van der Waals surface area contributed by atoms with E-state index in [4.69, 9.17) is 0 Å². The van der Waals surface area contributed by atoms with E-state index in [-0.39, 0.29) is 24.4 Å². The van der Waals surface area contributed by atoms with Crippen molar-refractivity contribution < 1.29 is 18.0 Å². The third-order valence-corrected chi connectivity index (χ3v) is 6.27. The third kappa shape index (κ3) is 3.29. The summed E-state index contributed by atoms with van der Waals surface area (Å²) in [5.74, 6) is 2.17. The average Bonchev–Trinajstić information content (AvgIpc) is 2.84. The van der Waals surface area contributed by atoms with Gasteiger partial charge in [0.05, 0.1) is 0 Å². The van der Waals surface area contributed by atoms with Crippen LogP contribution in [-0.2, 0) is 17.5 Å². The van der Waals surface area contributed by atoms with Crippen molar-refractivity contribution in [1.82, 2.24) is 15.1 Å². The summed E-state index contributed by atoms with van der Waals surface area (Å²) in [6, 6.07) is 1.02. The number of hydrogen-bond donors (Lipinski definition) is 1. The Morgan fingerprint density at radius 2 is 1.80 bits per heavy atom. The molecule has 25 heavy (non-hydrogen) atoms. The molecule has 138 valence electrons. The Hall–Kier alpha value is -1.53. The van der Waals surface area contributed by atoms with Gasteiger partial charge in [-0.15, -0.1) is 0 Å². The second-order valence-corrected chi connectivity index (χ2v) is 8.39. The molecule has 7 heteroatoms. The predicted molar refractivity (Wildman–Crippen MR) is 85.6 cm³/mol. The Bertz CT molecular complexity index is 644. The van der Waals surface area contributed by atoms with Crippen molar-refractivity contribution in [2.45, 2.75) is 70.1 Å². The van der Waals surface area contributed by atoms with E-state index < -0.39 is 11.9 Å². The van der Waals surface area contributed by atoms with Crippen molar-refractivity contribution in [2.24, 2.45) is 17.8 Å². The Morgan fingerprint density at radius 1 is 1.24 bits per heavy atom. The number of carbonyl (C=O) groups is 1. The van der Waals surface area contributed by atoms with Crippen molar-refractivity contribution in [2.75, 3.05) is 0 Å². The fourth-order valence-electron chi connectivity index (χ4n) is 5.70. The van der Waals surface area contributed by atoms with Crippen molar-refractivity contribution in [1.29, 1.82) is 0 Å². The summed E-state index contributed by atoms with van der Waals surface area (Å²) in [4.78, 5) is 12.4. The van der Waals surface area contributed by atoms with Crippen LogP contribution in [0.4, 0.5) is 13.2 Å². The van der Waals surface area contributed by atoms with Crippen LogP contribution in [0, 0.1) is 24.7 Å². The monoisotopic (exact) mass is 355 g/mol. The topological polar surface area (TPSA) is 46.9 Å². The molecule has 0 aliphatic heterocycles. The van der Waals surface area contributed by atoms with Crippen LogP contribution in [-0.4, -0.2) is 21.2 Å². The zero-order valence-electron chi connectivity index (χ0n) is 14.4. The molecule has 1 aromatic rings.